The summed E-state index contributed by atoms with van der Waals surface area (Å²) in [4.78, 5) is 2.55. The van der Waals surface area contributed by atoms with Gasteiger partial charge in [0.2, 0.25) is 0 Å². The van der Waals surface area contributed by atoms with E-state index in [1.54, 1.807) is 0 Å². The van der Waals surface area contributed by atoms with Crippen LogP contribution in [0.2, 0.25) is 0 Å². The topological polar surface area (TPSA) is 38.5 Å². The Kier molecular flexibility index (Phi) is 3.19. The molecule has 2 N–H and O–H groups in total. The average molecular weight is 184 g/mol. The molecular weight excluding hydrogens is 164 g/mol. The van der Waals surface area contributed by atoms with Gasteiger partial charge in [-0.3, -0.25) is 4.90 Å². The first-order valence-electron chi connectivity index (χ1n) is 5.43. The van der Waals surface area contributed by atoms with Crippen molar-refractivity contribution in [2.45, 2.75) is 25.3 Å². The summed E-state index contributed by atoms with van der Waals surface area (Å²) in [6.07, 6.45) is 3.91. The van der Waals surface area contributed by atoms with Gasteiger partial charge in [-0.25, -0.2) is 0 Å². The van der Waals surface area contributed by atoms with Gasteiger partial charge in [0, 0.05) is 25.1 Å². The van der Waals surface area contributed by atoms with E-state index in [9.17, 15) is 0 Å². The van der Waals surface area contributed by atoms with Crippen LogP contribution < -0.4 is 5.73 Å². The number of hydrogen-bond acceptors (Lipinski definition) is 3. The highest BCUT2D eigenvalue weighted by Crippen LogP contribution is 2.23. The lowest BCUT2D eigenvalue weighted by molar-refractivity contribution is 0.140. The molecule has 0 aromatic carbocycles. The number of rotatable bonds is 3. The Hall–Kier alpha value is -0.120. The maximum absolute atomic E-state index is 5.84. The van der Waals surface area contributed by atoms with Crippen LogP contribution in [0.3, 0.4) is 0 Å². The van der Waals surface area contributed by atoms with Gasteiger partial charge >= 0.3 is 0 Å². The van der Waals surface area contributed by atoms with Crippen LogP contribution in [0.15, 0.2) is 0 Å². The molecule has 2 aliphatic heterocycles. The number of nitrogens with two attached hydrogens (primary N) is 1. The summed E-state index contributed by atoms with van der Waals surface area (Å²) in [7, 11) is 0. The van der Waals surface area contributed by atoms with Gasteiger partial charge in [-0.2, -0.15) is 0 Å². The Morgan fingerprint density at radius 2 is 2.15 bits per heavy atom. The summed E-state index contributed by atoms with van der Waals surface area (Å²) in [6, 6.07) is 0.588. The second-order valence-corrected chi connectivity index (χ2v) is 4.17. The summed E-state index contributed by atoms with van der Waals surface area (Å²) in [5, 5.41) is 0. The zero-order valence-electron chi connectivity index (χ0n) is 8.24. The fraction of sp³-hybridized carbons (Fsp3) is 1.00. The summed E-state index contributed by atoms with van der Waals surface area (Å²) >= 11 is 0. The highest BCUT2D eigenvalue weighted by atomic mass is 16.5. The van der Waals surface area contributed by atoms with Crippen molar-refractivity contribution in [3.63, 3.8) is 0 Å². The number of ether oxygens (including phenoxy) is 1. The second kappa shape index (κ2) is 4.40. The SMILES string of the molecule is NC[C@@H]([C@@H]1CCOC1)N1CCCC1. The van der Waals surface area contributed by atoms with Crippen molar-refractivity contribution in [2.24, 2.45) is 11.7 Å². The second-order valence-electron chi connectivity index (χ2n) is 4.17. The van der Waals surface area contributed by atoms with E-state index in [2.05, 4.69) is 4.90 Å². The highest BCUT2D eigenvalue weighted by Gasteiger charge is 2.30. The molecule has 0 aromatic heterocycles. The predicted octanol–water partition coefficient (Wildman–Crippen LogP) is 0.446. The summed E-state index contributed by atoms with van der Waals surface area (Å²) in [5.41, 5.74) is 5.84. The van der Waals surface area contributed by atoms with Gasteiger partial charge in [0.1, 0.15) is 0 Å². The number of hydrogen-bond donors (Lipinski definition) is 1. The maximum atomic E-state index is 5.84. The summed E-state index contributed by atoms with van der Waals surface area (Å²) in [6.45, 7) is 5.16. The zero-order chi connectivity index (χ0) is 9.10. The van der Waals surface area contributed by atoms with Crippen molar-refractivity contribution in [2.75, 3.05) is 32.8 Å². The average Bonchev–Trinajstić information content (AvgIpc) is 2.76. The van der Waals surface area contributed by atoms with E-state index >= 15 is 0 Å². The Morgan fingerprint density at radius 3 is 2.69 bits per heavy atom. The first-order valence-corrected chi connectivity index (χ1v) is 5.43. The van der Waals surface area contributed by atoms with Gasteiger partial charge in [0.15, 0.2) is 0 Å². The summed E-state index contributed by atoms with van der Waals surface area (Å²) in [5.74, 6) is 0.697. The van der Waals surface area contributed by atoms with Crippen molar-refractivity contribution in [1.82, 2.24) is 4.90 Å². The molecule has 2 rings (SSSR count). The van der Waals surface area contributed by atoms with Crippen LogP contribution in [0.5, 0.6) is 0 Å². The van der Waals surface area contributed by atoms with Crippen molar-refractivity contribution >= 4 is 0 Å². The standard InChI is InChI=1S/C10H20N2O/c11-7-10(9-3-6-13-8-9)12-4-1-2-5-12/h9-10H,1-8,11H2/t9-,10+/m1/s1. The third kappa shape index (κ3) is 2.03. The first-order chi connectivity index (χ1) is 6.42. The first kappa shape index (κ1) is 9.44. The van der Waals surface area contributed by atoms with E-state index in [1.807, 2.05) is 0 Å². The Balaban J connectivity index is 1.90. The Morgan fingerprint density at radius 1 is 1.38 bits per heavy atom. The fourth-order valence-electron chi connectivity index (χ4n) is 2.57. The van der Waals surface area contributed by atoms with Gasteiger partial charge in [0.25, 0.3) is 0 Å². The quantitative estimate of drug-likeness (QED) is 0.692. The van der Waals surface area contributed by atoms with E-state index in [1.165, 1.54) is 32.4 Å². The number of likely N-dealkylation sites (tertiary alicyclic amines) is 1. The zero-order valence-corrected chi connectivity index (χ0v) is 8.24. The van der Waals surface area contributed by atoms with Gasteiger partial charge in [0.05, 0.1) is 6.61 Å². The third-order valence-corrected chi connectivity index (χ3v) is 3.36. The monoisotopic (exact) mass is 184 g/mol. The molecule has 0 aliphatic carbocycles. The number of nitrogens with zero attached hydrogens (tertiary/aromatic N) is 1. The molecule has 13 heavy (non-hydrogen) atoms. The third-order valence-electron chi connectivity index (χ3n) is 3.36. The lowest BCUT2D eigenvalue weighted by Gasteiger charge is -2.30. The van der Waals surface area contributed by atoms with Crippen LogP contribution in [0, 0.1) is 5.92 Å². The molecule has 2 fully saturated rings. The summed E-state index contributed by atoms with van der Waals surface area (Å²) < 4.78 is 5.42. The smallest absolute Gasteiger partial charge is 0.0510 e. The van der Waals surface area contributed by atoms with Crippen LogP contribution in [0.4, 0.5) is 0 Å². The molecule has 2 saturated heterocycles. The van der Waals surface area contributed by atoms with E-state index in [4.69, 9.17) is 10.5 Å². The van der Waals surface area contributed by atoms with Crippen LogP contribution in [0.1, 0.15) is 19.3 Å². The normalized spacial score (nSPS) is 32.5. The van der Waals surface area contributed by atoms with Crippen molar-refractivity contribution in [3.8, 4) is 0 Å². The molecule has 3 heteroatoms. The Bertz CT molecular complexity index is 135. The minimum Gasteiger partial charge on any atom is -0.381 e. The van der Waals surface area contributed by atoms with Crippen molar-refractivity contribution in [1.29, 1.82) is 0 Å². The maximum Gasteiger partial charge on any atom is 0.0510 e. The molecular formula is C10H20N2O. The van der Waals surface area contributed by atoms with Crippen LogP contribution in [-0.4, -0.2) is 43.8 Å². The molecule has 0 aromatic rings. The molecule has 2 heterocycles. The van der Waals surface area contributed by atoms with E-state index < -0.39 is 0 Å². The van der Waals surface area contributed by atoms with Crippen LogP contribution in [0.25, 0.3) is 0 Å². The predicted molar refractivity (Wildman–Crippen MR) is 52.6 cm³/mol. The van der Waals surface area contributed by atoms with Crippen molar-refractivity contribution < 1.29 is 4.74 Å². The van der Waals surface area contributed by atoms with Crippen LogP contribution in [-0.2, 0) is 4.74 Å². The minimum absolute atomic E-state index is 0.588. The molecule has 0 radical (unpaired) electrons. The van der Waals surface area contributed by atoms with Crippen LogP contribution >= 0.6 is 0 Å². The van der Waals surface area contributed by atoms with Gasteiger partial charge in [-0.05, 0) is 32.4 Å². The molecule has 2 aliphatic rings. The molecule has 3 nitrogen and oxygen atoms in total. The minimum atomic E-state index is 0.588. The largest absolute Gasteiger partial charge is 0.381 e. The molecule has 2 atom stereocenters. The molecule has 0 unspecified atom stereocenters. The molecule has 0 bridgehead atoms. The molecule has 76 valence electrons. The van der Waals surface area contributed by atoms with Gasteiger partial charge in [-0.15, -0.1) is 0 Å². The fourth-order valence-corrected chi connectivity index (χ4v) is 2.57. The van der Waals surface area contributed by atoms with Gasteiger partial charge < -0.3 is 10.5 Å². The lowest BCUT2D eigenvalue weighted by atomic mass is 9.98. The highest BCUT2D eigenvalue weighted by molar-refractivity contribution is 4.84. The molecule has 0 spiro atoms. The van der Waals surface area contributed by atoms with E-state index in [0.29, 0.717) is 12.0 Å². The van der Waals surface area contributed by atoms with Gasteiger partial charge in [-0.1, -0.05) is 0 Å². The van der Waals surface area contributed by atoms with Crippen molar-refractivity contribution in [3.05, 3.63) is 0 Å². The molecule has 0 saturated carbocycles. The van der Waals surface area contributed by atoms with E-state index in [-0.39, 0.29) is 0 Å². The molecule has 0 amide bonds. The Labute approximate surface area is 80.2 Å². The van der Waals surface area contributed by atoms with E-state index in [0.717, 1.165) is 19.8 Å². The lowest BCUT2D eigenvalue weighted by Crippen LogP contribution is -2.44.